The Hall–Kier alpha value is -2.21. The number of carbonyl (C=O) groups excluding carboxylic acids is 1. The second-order valence-electron chi connectivity index (χ2n) is 6.79. The fourth-order valence-electron chi connectivity index (χ4n) is 3.39. The van der Waals surface area contributed by atoms with Gasteiger partial charge in [0, 0.05) is 10.9 Å². The molecule has 26 heavy (non-hydrogen) atoms. The van der Waals surface area contributed by atoms with E-state index >= 15 is 0 Å². The van der Waals surface area contributed by atoms with Crippen LogP contribution in [0.4, 0.5) is 0 Å². The summed E-state index contributed by atoms with van der Waals surface area (Å²) in [5, 5.41) is 12.3. The molecular weight excluding hydrogens is 350 g/mol. The van der Waals surface area contributed by atoms with Crippen molar-refractivity contribution < 1.29 is 19.1 Å². The van der Waals surface area contributed by atoms with Crippen molar-refractivity contribution in [3.05, 3.63) is 53.5 Å². The minimum Gasteiger partial charge on any atom is -0.478 e. The molecule has 138 valence electrons. The summed E-state index contributed by atoms with van der Waals surface area (Å²) in [7, 11) is 0. The standard InChI is InChI=1S/C20H23NO4S/c1-13-5-4-6-14(11-13)21-19(22)16-7-2-3-8-18(16)26-12-17-15(20(23)24)9-10-25-17/h2-3,7-10,13-14H,4-6,11-12H2,1H3,(H,21,22)(H,23,24). The molecule has 0 bridgehead atoms. The molecule has 1 aliphatic carbocycles. The third-order valence-electron chi connectivity index (χ3n) is 4.74. The fraction of sp³-hybridized carbons (Fsp3) is 0.400. The second-order valence-corrected chi connectivity index (χ2v) is 7.81. The van der Waals surface area contributed by atoms with Gasteiger partial charge in [-0.05, 0) is 37.0 Å². The molecule has 6 heteroatoms. The molecule has 1 aromatic carbocycles. The van der Waals surface area contributed by atoms with Gasteiger partial charge in [-0.3, -0.25) is 4.79 Å². The van der Waals surface area contributed by atoms with Crippen LogP contribution in [0, 0.1) is 5.92 Å². The Bertz CT molecular complexity index is 786. The summed E-state index contributed by atoms with van der Waals surface area (Å²) in [6.45, 7) is 2.23. The third kappa shape index (κ3) is 4.49. The van der Waals surface area contributed by atoms with Crippen molar-refractivity contribution in [1.29, 1.82) is 0 Å². The van der Waals surface area contributed by atoms with E-state index in [0.29, 0.717) is 23.0 Å². The number of carboxylic acid groups (broad SMARTS) is 1. The van der Waals surface area contributed by atoms with E-state index in [2.05, 4.69) is 12.2 Å². The number of carboxylic acids is 1. The van der Waals surface area contributed by atoms with E-state index in [1.165, 1.54) is 30.5 Å². The van der Waals surface area contributed by atoms with Gasteiger partial charge in [0.2, 0.25) is 0 Å². The van der Waals surface area contributed by atoms with Crippen molar-refractivity contribution in [1.82, 2.24) is 5.32 Å². The summed E-state index contributed by atoms with van der Waals surface area (Å²) < 4.78 is 5.28. The first kappa shape index (κ1) is 18.6. The van der Waals surface area contributed by atoms with Gasteiger partial charge in [-0.1, -0.05) is 31.9 Å². The maximum atomic E-state index is 12.7. The van der Waals surface area contributed by atoms with Gasteiger partial charge in [-0.15, -0.1) is 11.8 Å². The minimum absolute atomic E-state index is 0.0647. The van der Waals surface area contributed by atoms with Crippen molar-refractivity contribution in [2.24, 2.45) is 5.92 Å². The molecule has 1 heterocycles. The zero-order chi connectivity index (χ0) is 18.5. The Labute approximate surface area is 157 Å². The van der Waals surface area contributed by atoms with E-state index in [0.717, 1.165) is 24.2 Å². The first-order chi connectivity index (χ1) is 12.5. The van der Waals surface area contributed by atoms with E-state index in [1.807, 2.05) is 24.3 Å². The first-order valence-electron chi connectivity index (χ1n) is 8.87. The van der Waals surface area contributed by atoms with Crippen molar-refractivity contribution >= 4 is 23.6 Å². The monoisotopic (exact) mass is 373 g/mol. The predicted molar refractivity (Wildman–Crippen MR) is 101 cm³/mol. The van der Waals surface area contributed by atoms with E-state index in [-0.39, 0.29) is 17.5 Å². The quantitative estimate of drug-likeness (QED) is 0.725. The topological polar surface area (TPSA) is 79.5 Å². The van der Waals surface area contributed by atoms with Crippen LogP contribution in [0.5, 0.6) is 0 Å². The molecule has 2 atom stereocenters. The minimum atomic E-state index is -1.01. The summed E-state index contributed by atoms with van der Waals surface area (Å²) in [6, 6.07) is 9.09. The summed E-state index contributed by atoms with van der Waals surface area (Å²) in [6.07, 6.45) is 5.81. The highest BCUT2D eigenvalue weighted by atomic mass is 32.2. The number of hydrogen-bond acceptors (Lipinski definition) is 4. The second kappa shape index (κ2) is 8.45. The SMILES string of the molecule is CC1CCCC(NC(=O)c2ccccc2SCc2occc2C(=O)O)C1. The van der Waals surface area contributed by atoms with E-state index in [1.54, 1.807) is 0 Å². The van der Waals surface area contributed by atoms with Crippen molar-refractivity contribution in [2.45, 2.75) is 49.3 Å². The van der Waals surface area contributed by atoms with E-state index < -0.39 is 5.97 Å². The molecule has 0 aliphatic heterocycles. The van der Waals surface area contributed by atoms with Gasteiger partial charge in [0.1, 0.15) is 11.3 Å². The maximum Gasteiger partial charge on any atom is 0.339 e. The molecule has 1 amide bonds. The van der Waals surface area contributed by atoms with Crippen LogP contribution in [0.3, 0.4) is 0 Å². The van der Waals surface area contributed by atoms with Crippen LogP contribution in [0.1, 0.15) is 59.1 Å². The number of carbonyl (C=O) groups is 2. The molecule has 0 spiro atoms. The van der Waals surface area contributed by atoms with Crippen molar-refractivity contribution in [3.63, 3.8) is 0 Å². The number of aromatic carboxylic acids is 1. The molecule has 1 aliphatic rings. The van der Waals surface area contributed by atoms with Gasteiger partial charge in [0.05, 0.1) is 17.6 Å². The smallest absolute Gasteiger partial charge is 0.339 e. The number of rotatable bonds is 6. The Kier molecular flexibility index (Phi) is 6.04. The zero-order valence-corrected chi connectivity index (χ0v) is 15.6. The average molecular weight is 373 g/mol. The van der Waals surface area contributed by atoms with Crippen LogP contribution in [0.25, 0.3) is 0 Å². The summed E-state index contributed by atoms with van der Waals surface area (Å²) >= 11 is 1.41. The van der Waals surface area contributed by atoms with Gasteiger partial charge in [-0.25, -0.2) is 4.79 Å². The number of nitrogens with one attached hydrogen (secondary N) is 1. The predicted octanol–water partition coefficient (Wildman–Crippen LogP) is 4.58. The summed E-state index contributed by atoms with van der Waals surface area (Å²) in [5.41, 5.74) is 0.787. The third-order valence-corrected chi connectivity index (χ3v) is 5.81. The Morgan fingerprint density at radius 2 is 2.04 bits per heavy atom. The van der Waals surface area contributed by atoms with Crippen molar-refractivity contribution in [2.75, 3.05) is 0 Å². The molecule has 1 fully saturated rings. The number of amides is 1. The number of benzene rings is 1. The molecule has 2 aromatic rings. The average Bonchev–Trinajstić information content (AvgIpc) is 3.09. The lowest BCUT2D eigenvalue weighted by atomic mass is 9.87. The van der Waals surface area contributed by atoms with Crippen LogP contribution in [-0.2, 0) is 5.75 Å². The molecule has 1 aromatic heterocycles. The summed E-state index contributed by atoms with van der Waals surface area (Å²) in [5.74, 6) is 0.335. The van der Waals surface area contributed by atoms with Gasteiger partial charge in [0.15, 0.2) is 0 Å². The highest BCUT2D eigenvalue weighted by Gasteiger charge is 2.22. The number of furan rings is 1. The van der Waals surface area contributed by atoms with Gasteiger partial charge in [-0.2, -0.15) is 0 Å². The lowest BCUT2D eigenvalue weighted by Gasteiger charge is -2.27. The van der Waals surface area contributed by atoms with E-state index in [4.69, 9.17) is 9.52 Å². The molecule has 3 rings (SSSR count). The molecule has 2 unspecified atom stereocenters. The van der Waals surface area contributed by atoms with Crippen molar-refractivity contribution in [3.8, 4) is 0 Å². The van der Waals surface area contributed by atoms with Crippen LogP contribution < -0.4 is 5.32 Å². The molecule has 5 nitrogen and oxygen atoms in total. The number of thioether (sulfide) groups is 1. The van der Waals surface area contributed by atoms with E-state index in [9.17, 15) is 9.59 Å². The van der Waals surface area contributed by atoms with Crippen LogP contribution in [0.2, 0.25) is 0 Å². The summed E-state index contributed by atoms with van der Waals surface area (Å²) in [4.78, 5) is 24.7. The molecule has 1 saturated carbocycles. The Morgan fingerprint density at radius 3 is 2.81 bits per heavy atom. The lowest BCUT2D eigenvalue weighted by molar-refractivity contribution is 0.0694. The fourth-order valence-corrected chi connectivity index (χ4v) is 4.40. The lowest BCUT2D eigenvalue weighted by Crippen LogP contribution is -2.38. The Morgan fingerprint density at radius 1 is 1.23 bits per heavy atom. The number of hydrogen-bond donors (Lipinski definition) is 2. The van der Waals surface area contributed by atoms with Crippen LogP contribution >= 0.6 is 11.8 Å². The zero-order valence-electron chi connectivity index (χ0n) is 14.7. The van der Waals surface area contributed by atoms with Crippen LogP contribution in [-0.4, -0.2) is 23.0 Å². The maximum absolute atomic E-state index is 12.7. The molecule has 0 radical (unpaired) electrons. The largest absolute Gasteiger partial charge is 0.478 e. The molecular formula is C20H23NO4S. The first-order valence-corrected chi connectivity index (χ1v) is 9.85. The normalized spacial score (nSPS) is 19.9. The van der Waals surface area contributed by atoms with Gasteiger partial charge >= 0.3 is 5.97 Å². The van der Waals surface area contributed by atoms with Crippen LogP contribution in [0.15, 0.2) is 45.9 Å². The molecule has 0 saturated heterocycles. The van der Waals surface area contributed by atoms with Gasteiger partial charge < -0.3 is 14.8 Å². The molecule has 2 N–H and O–H groups in total. The Balaban J connectivity index is 1.68. The highest BCUT2D eigenvalue weighted by molar-refractivity contribution is 7.98. The highest BCUT2D eigenvalue weighted by Crippen LogP contribution is 2.29. The van der Waals surface area contributed by atoms with Gasteiger partial charge in [0.25, 0.3) is 5.91 Å².